The molecule has 0 radical (unpaired) electrons. The average molecular weight is 440 g/mol. The Balaban J connectivity index is 1.69. The monoisotopic (exact) mass is 439 g/mol. The maximum Gasteiger partial charge on any atom is 0.186 e. The van der Waals surface area contributed by atoms with Crippen molar-refractivity contribution in [3.05, 3.63) is 0 Å². The van der Waals surface area contributed by atoms with E-state index in [4.69, 9.17) is 24.7 Å². The third kappa shape index (κ3) is 7.04. The van der Waals surface area contributed by atoms with Gasteiger partial charge in [-0.15, -0.1) is 0 Å². The quantitative estimate of drug-likeness (QED) is 0.151. The molecule has 0 aromatic carbocycles. The topological polar surface area (TPSA) is 184 Å². The molecule has 0 spiro atoms. The Labute approximate surface area is 176 Å². The predicted octanol–water partition coefficient (Wildman–Crippen LogP) is -2.43. The van der Waals surface area contributed by atoms with E-state index in [0.29, 0.717) is 13.2 Å². The Kier molecular flexibility index (Phi) is 11.3. The lowest BCUT2D eigenvalue weighted by atomic mass is 9.99. The van der Waals surface area contributed by atoms with Crippen molar-refractivity contribution in [3.8, 4) is 0 Å². The second-order valence-corrected chi connectivity index (χ2v) is 7.84. The number of hydrogen-bond acceptors (Lipinski definition) is 11. The number of nitrogens with two attached hydrogens (primary N) is 1. The Morgan fingerprint density at radius 2 is 1.17 bits per heavy atom. The Morgan fingerprint density at radius 1 is 0.633 bits per heavy atom. The minimum Gasteiger partial charge on any atom is -0.394 e. The third-order valence-electron chi connectivity index (χ3n) is 5.47. The first kappa shape index (κ1) is 25.8. The van der Waals surface area contributed by atoms with Gasteiger partial charge in [-0.3, -0.25) is 0 Å². The van der Waals surface area contributed by atoms with Gasteiger partial charge in [0.25, 0.3) is 0 Å². The summed E-state index contributed by atoms with van der Waals surface area (Å²) in [5, 5.41) is 59.0. The highest BCUT2D eigenvalue weighted by Crippen LogP contribution is 2.26. The van der Waals surface area contributed by atoms with Gasteiger partial charge < -0.3 is 55.3 Å². The fourth-order valence-corrected chi connectivity index (χ4v) is 3.54. The van der Waals surface area contributed by atoms with Gasteiger partial charge in [0.15, 0.2) is 12.6 Å². The van der Waals surface area contributed by atoms with Crippen LogP contribution in [0.5, 0.6) is 0 Å². The molecule has 0 saturated carbocycles. The molecule has 2 rings (SSSR count). The molecule has 2 fully saturated rings. The molecule has 2 aliphatic rings. The van der Waals surface area contributed by atoms with E-state index in [2.05, 4.69) is 0 Å². The van der Waals surface area contributed by atoms with Crippen LogP contribution in [0.2, 0.25) is 0 Å². The lowest BCUT2D eigenvalue weighted by Crippen LogP contribution is -2.59. The van der Waals surface area contributed by atoms with Crippen LogP contribution in [-0.2, 0) is 18.9 Å². The normalized spacial score (nSPS) is 39.5. The van der Waals surface area contributed by atoms with Crippen molar-refractivity contribution < 1.29 is 49.6 Å². The molecule has 11 nitrogen and oxygen atoms in total. The second-order valence-electron chi connectivity index (χ2n) is 7.84. The molecule has 178 valence electrons. The van der Waals surface area contributed by atoms with Gasteiger partial charge in [-0.1, -0.05) is 25.7 Å². The maximum absolute atomic E-state index is 10.2. The van der Waals surface area contributed by atoms with Crippen LogP contribution in [0.4, 0.5) is 0 Å². The number of hydrogen-bond donors (Lipinski definition) is 7. The molecule has 11 heteroatoms. The summed E-state index contributed by atoms with van der Waals surface area (Å²) < 4.78 is 21.6. The number of unbranched alkanes of at least 4 members (excludes halogenated alkanes) is 5. The van der Waals surface area contributed by atoms with Crippen molar-refractivity contribution in [2.45, 2.75) is 93.8 Å². The van der Waals surface area contributed by atoms with Crippen LogP contribution in [0.3, 0.4) is 0 Å². The molecule has 0 aromatic heterocycles. The summed E-state index contributed by atoms with van der Waals surface area (Å²) in [5.41, 5.74) is 5.45. The molecule has 2 saturated heterocycles. The SMILES string of the molecule is NCCCCCCCCO[C@@H]1O[C@H](CO[C@H]2O[C@H](CO)[C@@H](O)[C@H](O)[C@@H]2O)[C@@H](O)[C@@H]1O. The van der Waals surface area contributed by atoms with Crippen molar-refractivity contribution in [2.75, 3.05) is 26.4 Å². The number of aliphatic hydroxyl groups excluding tert-OH is 6. The summed E-state index contributed by atoms with van der Waals surface area (Å²) >= 11 is 0. The predicted molar refractivity (Wildman–Crippen MR) is 103 cm³/mol. The minimum absolute atomic E-state index is 0.262. The van der Waals surface area contributed by atoms with Crippen LogP contribution in [0.15, 0.2) is 0 Å². The van der Waals surface area contributed by atoms with Crippen molar-refractivity contribution in [3.63, 3.8) is 0 Å². The van der Waals surface area contributed by atoms with Crippen LogP contribution in [-0.4, -0.2) is 112 Å². The summed E-state index contributed by atoms with van der Waals surface area (Å²) in [6.45, 7) is 0.256. The highest BCUT2D eigenvalue weighted by Gasteiger charge is 2.47. The zero-order valence-corrected chi connectivity index (χ0v) is 17.2. The molecule has 0 amide bonds. The fraction of sp³-hybridized carbons (Fsp3) is 1.00. The number of rotatable bonds is 13. The molecular weight excluding hydrogens is 402 g/mol. The first-order valence-corrected chi connectivity index (χ1v) is 10.7. The van der Waals surface area contributed by atoms with Crippen LogP contribution >= 0.6 is 0 Å². The van der Waals surface area contributed by atoms with E-state index < -0.39 is 61.9 Å². The zero-order valence-electron chi connectivity index (χ0n) is 17.2. The Morgan fingerprint density at radius 3 is 1.83 bits per heavy atom. The Bertz CT molecular complexity index is 471. The zero-order chi connectivity index (χ0) is 22.1. The summed E-state index contributed by atoms with van der Waals surface area (Å²) in [5.74, 6) is 0. The van der Waals surface area contributed by atoms with Gasteiger partial charge in [0.05, 0.1) is 13.2 Å². The lowest BCUT2D eigenvalue weighted by molar-refractivity contribution is -0.307. The molecule has 0 unspecified atom stereocenters. The van der Waals surface area contributed by atoms with Gasteiger partial charge in [0.1, 0.15) is 42.7 Å². The first-order chi connectivity index (χ1) is 14.4. The fourth-order valence-electron chi connectivity index (χ4n) is 3.54. The van der Waals surface area contributed by atoms with Crippen molar-refractivity contribution in [2.24, 2.45) is 5.73 Å². The molecule has 2 aliphatic heterocycles. The van der Waals surface area contributed by atoms with Crippen LogP contribution in [0.1, 0.15) is 38.5 Å². The van der Waals surface area contributed by atoms with Gasteiger partial charge in [0.2, 0.25) is 0 Å². The molecule has 0 aliphatic carbocycles. The molecule has 30 heavy (non-hydrogen) atoms. The standard InChI is InChI=1S/C19H37NO10/c20-7-5-3-1-2-4-6-8-27-18-16(25)14(23)12(30-18)10-28-19-17(26)15(24)13(22)11(9-21)29-19/h11-19,21-26H,1-10,20H2/t11-,12-,13-,14-,15+,16+,17+,18-,19+/m1/s1. The van der Waals surface area contributed by atoms with Crippen molar-refractivity contribution >= 4 is 0 Å². The highest BCUT2D eigenvalue weighted by atomic mass is 16.7. The Hall–Kier alpha value is -0.440. The first-order valence-electron chi connectivity index (χ1n) is 10.7. The molecular formula is C19H37NO10. The molecule has 0 bridgehead atoms. The average Bonchev–Trinajstić information content (AvgIpc) is 3.01. The largest absolute Gasteiger partial charge is 0.394 e. The van der Waals surface area contributed by atoms with E-state index in [1.54, 1.807) is 0 Å². The van der Waals surface area contributed by atoms with Crippen LogP contribution < -0.4 is 5.73 Å². The number of ether oxygens (including phenoxy) is 4. The summed E-state index contributed by atoms with van der Waals surface area (Å²) in [4.78, 5) is 0. The molecule has 0 aromatic rings. The van der Waals surface area contributed by atoms with E-state index in [-0.39, 0.29) is 6.61 Å². The summed E-state index contributed by atoms with van der Waals surface area (Å²) in [6, 6.07) is 0. The van der Waals surface area contributed by atoms with Crippen LogP contribution in [0, 0.1) is 0 Å². The van der Waals surface area contributed by atoms with E-state index in [0.717, 1.165) is 38.5 Å². The molecule has 8 N–H and O–H groups in total. The van der Waals surface area contributed by atoms with Gasteiger partial charge >= 0.3 is 0 Å². The van der Waals surface area contributed by atoms with Gasteiger partial charge in [0, 0.05) is 6.61 Å². The number of aliphatic hydroxyl groups is 6. The lowest BCUT2D eigenvalue weighted by Gasteiger charge is -2.39. The van der Waals surface area contributed by atoms with E-state index in [1.165, 1.54) is 0 Å². The van der Waals surface area contributed by atoms with Crippen LogP contribution in [0.25, 0.3) is 0 Å². The van der Waals surface area contributed by atoms with Gasteiger partial charge in [-0.25, -0.2) is 0 Å². The van der Waals surface area contributed by atoms with Crippen molar-refractivity contribution in [1.29, 1.82) is 0 Å². The highest BCUT2D eigenvalue weighted by molar-refractivity contribution is 4.90. The summed E-state index contributed by atoms with van der Waals surface area (Å²) in [7, 11) is 0. The smallest absolute Gasteiger partial charge is 0.186 e. The molecule has 9 atom stereocenters. The summed E-state index contributed by atoms with van der Waals surface area (Å²) in [6.07, 6.45) is -5.36. The van der Waals surface area contributed by atoms with E-state index >= 15 is 0 Å². The minimum atomic E-state index is -1.56. The van der Waals surface area contributed by atoms with Gasteiger partial charge in [-0.2, -0.15) is 0 Å². The molecule has 2 heterocycles. The second kappa shape index (κ2) is 13.2. The van der Waals surface area contributed by atoms with E-state index in [1.807, 2.05) is 0 Å². The maximum atomic E-state index is 10.2. The third-order valence-corrected chi connectivity index (χ3v) is 5.47. The van der Waals surface area contributed by atoms with E-state index in [9.17, 15) is 30.6 Å². The van der Waals surface area contributed by atoms with Crippen molar-refractivity contribution in [1.82, 2.24) is 0 Å². The van der Waals surface area contributed by atoms with Gasteiger partial charge in [-0.05, 0) is 19.4 Å².